The van der Waals surface area contributed by atoms with Crippen LogP contribution in [0.25, 0.3) is 0 Å². The van der Waals surface area contributed by atoms with Gasteiger partial charge in [0.15, 0.2) is 0 Å². The summed E-state index contributed by atoms with van der Waals surface area (Å²) in [4.78, 5) is 11.5. The molecule has 0 atom stereocenters. The molecule has 0 aliphatic carbocycles. The first-order chi connectivity index (χ1) is 8.17. The Morgan fingerprint density at radius 2 is 1.94 bits per heavy atom. The van der Waals surface area contributed by atoms with Gasteiger partial charge in [-0.25, -0.2) is 0 Å². The van der Waals surface area contributed by atoms with Crippen LogP contribution in [0, 0.1) is 16.7 Å². The predicted octanol–water partition coefficient (Wildman–Crippen LogP) is 2.81. The van der Waals surface area contributed by atoms with Crippen LogP contribution in [-0.2, 0) is 12.7 Å². The molecular weight excluding hydrogens is 245 g/mol. The van der Waals surface area contributed by atoms with E-state index in [-0.39, 0.29) is 13.0 Å². The van der Waals surface area contributed by atoms with Crippen LogP contribution in [0.1, 0.15) is 26.0 Å². The monoisotopic (exact) mass is 258 g/mol. The van der Waals surface area contributed by atoms with Gasteiger partial charge in [-0.05, 0) is 26.3 Å². The summed E-state index contributed by atoms with van der Waals surface area (Å²) in [6, 6.07) is 5.01. The molecule has 0 fully saturated rings. The van der Waals surface area contributed by atoms with Crippen LogP contribution in [0.15, 0.2) is 23.0 Å². The van der Waals surface area contributed by atoms with E-state index < -0.39 is 22.8 Å². The Kier molecular flexibility index (Phi) is 3.85. The highest BCUT2D eigenvalue weighted by molar-refractivity contribution is 5.10. The maximum absolute atomic E-state index is 12.7. The fraction of sp³-hybridized carbons (Fsp3) is 0.500. The van der Waals surface area contributed by atoms with Gasteiger partial charge in [0.2, 0.25) is 0 Å². The summed E-state index contributed by atoms with van der Waals surface area (Å²) in [6.07, 6.45) is -4.40. The summed E-state index contributed by atoms with van der Waals surface area (Å²) in [5.41, 5.74) is -2.46. The lowest BCUT2D eigenvalue weighted by Gasteiger charge is -2.19. The minimum Gasteiger partial charge on any atom is -0.304 e. The smallest absolute Gasteiger partial charge is 0.304 e. The first kappa shape index (κ1) is 14.3. The average molecular weight is 258 g/mol. The molecule has 0 radical (unpaired) electrons. The van der Waals surface area contributed by atoms with Crippen molar-refractivity contribution in [1.29, 1.82) is 5.26 Å². The Morgan fingerprint density at radius 1 is 1.33 bits per heavy atom. The van der Waals surface area contributed by atoms with Crippen LogP contribution in [0.4, 0.5) is 13.2 Å². The lowest BCUT2D eigenvalue weighted by molar-refractivity contribution is -0.144. The summed E-state index contributed by atoms with van der Waals surface area (Å²) in [5.74, 6) is 0. The molecular formula is C12H13F3N2O. The zero-order chi connectivity index (χ0) is 14.0. The van der Waals surface area contributed by atoms with E-state index in [9.17, 15) is 18.0 Å². The van der Waals surface area contributed by atoms with Gasteiger partial charge in [-0.3, -0.25) is 4.79 Å². The second kappa shape index (κ2) is 4.84. The molecule has 1 heterocycles. The van der Waals surface area contributed by atoms with Crippen molar-refractivity contribution in [3.05, 3.63) is 34.2 Å². The number of alkyl halides is 3. The van der Waals surface area contributed by atoms with Gasteiger partial charge in [-0.15, -0.1) is 0 Å². The molecule has 0 spiro atoms. The molecule has 0 N–H and O–H groups in total. The number of aromatic nitrogens is 1. The Morgan fingerprint density at radius 3 is 2.44 bits per heavy atom. The molecule has 1 aromatic rings. The number of halogens is 3. The third-order valence-corrected chi connectivity index (χ3v) is 2.60. The van der Waals surface area contributed by atoms with Crippen LogP contribution in [0.3, 0.4) is 0 Å². The van der Waals surface area contributed by atoms with Crippen molar-refractivity contribution in [2.75, 3.05) is 0 Å². The number of nitriles is 1. The lowest BCUT2D eigenvalue weighted by Crippen LogP contribution is -2.28. The lowest BCUT2D eigenvalue weighted by atomic mass is 9.91. The molecule has 0 aromatic carbocycles. The van der Waals surface area contributed by atoms with Gasteiger partial charge in [0.25, 0.3) is 5.56 Å². The van der Waals surface area contributed by atoms with Gasteiger partial charge in [0.05, 0.1) is 11.5 Å². The Bertz CT molecular complexity index is 523. The molecule has 6 heteroatoms. The van der Waals surface area contributed by atoms with Gasteiger partial charge >= 0.3 is 6.18 Å². The van der Waals surface area contributed by atoms with Gasteiger partial charge in [0.1, 0.15) is 5.69 Å². The van der Waals surface area contributed by atoms with Gasteiger partial charge in [-0.2, -0.15) is 18.4 Å². The molecule has 0 saturated carbocycles. The van der Waals surface area contributed by atoms with E-state index in [2.05, 4.69) is 0 Å². The Balaban J connectivity index is 3.10. The van der Waals surface area contributed by atoms with Gasteiger partial charge < -0.3 is 4.57 Å². The molecule has 1 aromatic heterocycles. The molecule has 1 rings (SSSR count). The van der Waals surface area contributed by atoms with Crippen molar-refractivity contribution in [3.63, 3.8) is 0 Å². The summed E-state index contributed by atoms with van der Waals surface area (Å²) in [5, 5.41) is 8.81. The standard InChI is InChI=1S/C12H13F3N2O/c1-11(2,8-16)6-7-17-9(12(13,14)15)4-3-5-10(17)18/h3-5H,6-7H2,1-2H3. The van der Waals surface area contributed by atoms with E-state index in [0.29, 0.717) is 4.57 Å². The summed E-state index contributed by atoms with van der Waals surface area (Å²) in [7, 11) is 0. The SMILES string of the molecule is CC(C)(C#N)CCn1c(C(F)(F)F)cccc1=O. The number of pyridine rings is 1. The third-order valence-electron chi connectivity index (χ3n) is 2.60. The maximum atomic E-state index is 12.7. The summed E-state index contributed by atoms with van der Waals surface area (Å²) in [6.45, 7) is 3.11. The van der Waals surface area contributed by atoms with Crippen molar-refractivity contribution in [1.82, 2.24) is 4.57 Å². The first-order valence-corrected chi connectivity index (χ1v) is 5.36. The highest BCUT2D eigenvalue weighted by atomic mass is 19.4. The zero-order valence-electron chi connectivity index (χ0n) is 10.1. The van der Waals surface area contributed by atoms with Crippen LogP contribution in [0.5, 0.6) is 0 Å². The molecule has 0 aliphatic heterocycles. The van der Waals surface area contributed by atoms with E-state index in [1.807, 2.05) is 6.07 Å². The van der Waals surface area contributed by atoms with Gasteiger partial charge in [-0.1, -0.05) is 6.07 Å². The van der Waals surface area contributed by atoms with E-state index in [1.54, 1.807) is 13.8 Å². The van der Waals surface area contributed by atoms with Crippen molar-refractivity contribution >= 4 is 0 Å². The Labute approximate surface area is 102 Å². The molecule has 3 nitrogen and oxygen atoms in total. The summed E-state index contributed by atoms with van der Waals surface area (Å²) >= 11 is 0. The first-order valence-electron chi connectivity index (χ1n) is 5.36. The number of hydrogen-bond acceptors (Lipinski definition) is 2. The van der Waals surface area contributed by atoms with E-state index in [0.717, 1.165) is 18.2 Å². The topological polar surface area (TPSA) is 45.8 Å². The molecule has 0 unspecified atom stereocenters. The van der Waals surface area contributed by atoms with Crippen molar-refractivity contribution < 1.29 is 13.2 Å². The quantitative estimate of drug-likeness (QED) is 0.836. The average Bonchev–Trinajstić information content (AvgIpc) is 2.26. The molecule has 0 aliphatic rings. The van der Waals surface area contributed by atoms with E-state index in [4.69, 9.17) is 5.26 Å². The molecule has 0 saturated heterocycles. The second-order valence-electron chi connectivity index (χ2n) is 4.64. The number of hydrogen-bond donors (Lipinski definition) is 0. The molecule has 18 heavy (non-hydrogen) atoms. The van der Waals surface area contributed by atoms with Crippen LogP contribution >= 0.6 is 0 Å². The minimum atomic E-state index is -4.57. The molecule has 0 bridgehead atoms. The fourth-order valence-electron chi connectivity index (χ4n) is 1.45. The fourth-order valence-corrected chi connectivity index (χ4v) is 1.45. The largest absolute Gasteiger partial charge is 0.431 e. The predicted molar refractivity (Wildman–Crippen MR) is 59.7 cm³/mol. The zero-order valence-corrected chi connectivity index (χ0v) is 10.1. The van der Waals surface area contributed by atoms with Crippen LogP contribution in [0.2, 0.25) is 0 Å². The highest BCUT2D eigenvalue weighted by Gasteiger charge is 2.34. The van der Waals surface area contributed by atoms with Crippen molar-refractivity contribution in [3.8, 4) is 6.07 Å². The molecule has 0 amide bonds. The second-order valence-corrected chi connectivity index (χ2v) is 4.64. The number of nitrogens with zero attached hydrogens (tertiary/aromatic N) is 2. The third kappa shape index (κ3) is 3.36. The normalized spacial score (nSPS) is 12.2. The number of rotatable bonds is 3. The van der Waals surface area contributed by atoms with Crippen LogP contribution in [-0.4, -0.2) is 4.57 Å². The molecule has 98 valence electrons. The minimum absolute atomic E-state index is 0.130. The van der Waals surface area contributed by atoms with Gasteiger partial charge in [0, 0.05) is 12.6 Å². The maximum Gasteiger partial charge on any atom is 0.431 e. The van der Waals surface area contributed by atoms with E-state index >= 15 is 0 Å². The van der Waals surface area contributed by atoms with Crippen LogP contribution < -0.4 is 5.56 Å². The van der Waals surface area contributed by atoms with E-state index in [1.165, 1.54) is 0 Å². The van der Waals surface area contributed by atoms with Crippen molar-refractivity contribution in [2.24, 2.45) is 5.41 Å². The Hall–Kier alpha value is -1.77. The summed E-state index contributed by atoms with van der Waals surface area (Å²) < 4.78 is 38.8. The van der Waals surface area contributed by atoms with Crippen molar-refractivity contribution in [2.45, 2.75) is 33.0 Å². The highest BCUT2D eigenvalue weighted by Crippen LogP contribution is 2.29.